The van der Waals surface area contributed by atoms with Gasteiger partial charge in [-0.05, 0) is 63.1 Å². The van der Waals surface area contributed by atoms with Gasteiger partial charge in [-0.3, -0.25) is 9.59 Å². The zero-order valence-electron chi connectivity index (χ0n) is 16.9. The van der Waals surface area contributed by atoms with E-state index in [0.29, 0.717) is 16.6 Å². The van der Waals surface area contributed by atoms with Crippen molar-refractivity contribution in [3.63, 3.8) is 0 Å². The lowest BCUT2D eigenvalue weighted by Crippen LogP contribution is -2.52. The lowest BCUT2D eigenvalue weighted by Gasteiger charge is -2.31. The second-order valence-corrected chi connectivity index (χ2v) is 9.72. The van der Waals surface area contributed by atoms with E-state index >= 15 is 0 Å². The molecule has 1 N–H and O–H groups in total. The van der Waals surface area contributed by atoms with E-state index in [-0.39, 0.29) is 23.8 Å². The van der Waals surface area contributed by atoms with Crippen LogP contribution in [0.1, 0.15) is 38.8 Å². The van der Waals surface area contributed by atoms with Crippen molar-refractivity contribution in [1.82, 2.24) is 10.2 Å². The first kappa shape index (κ1) is 23.7. The Morgan fingerprint density at radius 1 is 1.03 bits per heavy atom. The Kier molecular flexibility index (Phi) is 8.15. The van der Waals surface area contributed by atoms with Crippen LogP contribution in [0, 0.1) is 0 Å². The summed E-state index contributed by atoms with van der Waals surface area (Å²) >= 11 is 15.5. The summed E-state index contributed by atoms with van der Waals surface area (Å²) in [5.74, 6) is -0.361. The van der Waals surface area contributed by atoms with Gasteiger partial charge in [-0.1, -0.05) is 57.3 Å². The van der Waals surface area contributed by atoms with Crippen molar-refractivity contribution >= 4 is 50.9 Å². The summed E-state index contributed by atoms with van der Waals surface area (Å²) in [7, 11) is 0. The normalized spacial score (nSPS) is 12.4. The highest BCUT2D eigenvalue weighted by Crippen LogP contribution is 2.23. The second kappa shape index (κ2) is 9.96. The predicted molar refractivity (Wildman–Crippen MR) is 122 cm³/mol. The molecule has 0 aliphatic carbocycles. The molecule has 0 bridgehead atoms. The molecular formula is C22H25BrCl2N2O2. The van der Waals surface area contributed by atoms with E-state index < -0.39 is 6.04 Å². The van der Waals surface area contributed by atoms with Crippen LogP contribution < -0.4 is 5.32 Å². The molecule has 0 aliphatic heterocycles. The Morgan fingerprint density at radius 2 is 1.62 bits per heavy atom. The average molecular weight is 500 g/mol. The Balaban J connectivity index is 2.26. The maximum Gasteiger partial charge on any atom is 0.242 e. The minimum atomic E-state index is -0.631. The quantitative estimate of drug-likeness (QED) is 0.559. The number of nitrogens with zero attached hydrogens (tertiary/aromatic N) is 1. The molecule has 156 valence electrons. The number of hydrogen-bond acceptors (Lipinski definition) is 2. The topological polar surface area (TPSA) is 49.4 Å². The van der Waals surface area contributed by atoms with Crippen LogP contribution in [-0.4, -0.2) is 28.3 Å². The molecule has 1 atom stereocenters. The summed E-state index contributed by atoms with van der Waals surface area (Å²) in [6.45, 7) is 7.80. The smallest absolute Gasteiger partial charge is 0.242 e. The Morgan fingerprint density at radius 3 is 2.17 bits per heavy atom. The molecule has 0 saturated carbocycles. The van der Waals surface area contributed by atoms with Gasteiger partial charge in [-0.15, -0.1) is 0 Å². The van der Waals surface area contributed by atoms with Crippen LogP contribution in [0.3, 0.4) is 0 Å². The number of amides is 2. The van der Waals surface area contributed by atoms with Gasteiger partial charge in [-0.2, -0.15) is 0 Å². The van der Waals surface area contributed by atoms with Crippen molar-refractivity contribution in [2.75, 3.05) is 0 Å². The van der Waals surface area contributed by atoms with Crippen molar-refractivity contribution in [3.8, 4) is 0 Å². The fraction of sp³-hybridized carbons (Fsp3) is 0.364. The number of carbonyl (C=O) groups excluding carboxylic acids is 2. The molecule has 29 heavy (non-hydrogen) atoms. The van der Waals surface area contributed by atoms with Crippen LogP contribution in [0.25, 0.3) is 0 Å². The van der Waals surface area contributed by atoms with Gasteiger partial charge in [0, 0.05) is 16.6 Å². The molecule has 0 radical (unpaired) electrons. The van der Waals surface area contributed by atoms with Crippen LogP contribution in [0.5, 0.6) is 0 Å². The summed E-state index contributed by atoms with van der Waals surface area (Å²) in [6, 6.07) is 12.2. The van der Waals surface area contributed by atoms with Gasteiger partial charge in [0.1, 0.15) is 6.04 Å². The third kappa shape index (κ3) is 7.32. The first-order valence-corrected chi connectivity index (χ1v) is 10.8. The third-order valence-electron chi connectivity index (χ3n) is 4.27. The van der Waals surface area contributed by atoms with E-state index in [1.165, 1.54) is 0 Å². The summed E-state index contributed by atoms with van der Waals surface area (Å²) in [4.78, 5) is 27.5. The van der Waals surface area contributed by atoms with Crippen molar-refractivity contribution in [3.05, 3.63) is 68.1 Å². The van der Waals surface area contributed by atoms with Gasteiger partial charge in [0.25, 0.3) is 0 Å². The van der Waals surface area contributed by atoms with Gasteiger partial charge < -0.3 is 10.2 Å². The number of rotatable bonds is 6. The first-order valence-electron chi connectivity index (χ1n) is 9.26. The number of carbonyl (C=O) groups is 2. The Hall–Kier alpha value is -1.56. The molecule has 0 aromatic heterocycles. The highest BCUT2D eigenvalue weighted by molar-refractivity contribution is 9.10. The Bertz CT molecular complexity index is 879. The molecule has 2 rings (SSSR count). The van der Waals surface area contributed by atoms with Crippen molar-refractivity contribution < 1.29 is 9.59 Å². The van der Waals surface area contributed by atoms with Crippen LogP contribution in [0.4, 0.5) is 0 Å². The van der Waals surface area contributed by atoms with E-state index in [1.54, 1.807) is 30.0 Å². The number of hydrogen-bond donors (Lipinski definition) is 1. The highest BCUT2D eigenvalue weighted by atomic mass is 79.9. The molecule has 0 saturated heterocycles. The maximum atomic E-state index is 13.2. The van der Waals surface area contributed by atoms with Gasteiger partial charge in [0.05, 0.1) is 16.5 Å². The first-order chi connectivity index (χ1) is 13.5. The molecule has 0 spiro atoms. The number of halogens is 3. The van der Waals surface area contributed by atoms with Crippen LogP contribution in [-0.2, 0) is 22.6 Å². The predicted octanol–water partition coefficient (Wildman–Crippen LogP) is 5.63. The van der Waals surface area contributed by atoms with Crippen molar-refractivity contribution in [2.24, 2.45) is 0 Å². The van der Waals surface area contributed by atoms with Gasteiger partial charge in [-0.25, -0.2) is 0 Å². The van der Waals surface area contributed by atoms with Gasteiger partial charge in [0.15, 0.2) is 0 Å². The fourth-order valence-corrected chi connectivity index (χ4v) is 3.35. The summed E-state index contributed by atoms with van der Waals surface area (Å²) in [5.41, 5.74) is 1.29. The fourth-order valence-electron chi connectivity index (χ4n) is 2.77. The molecule has 0 heterocycles. The monoisotopic (exact) mass is 498 g/mol. The minimum absolute atomic E-state index is 0.126. The molecule has 2 aromatic rings. The van der Waals surface area contributed by atoms with Crippen molar-refractivity contribution in [1.29, 1.82) is 0 Å². The third-order valence-corrected chi connectivity index (χ3v) is 5.54. The van der Waals surface area contributed by atoms with Crippen molar-refractivity contribution in [2.45, 2.75) is 52.2 Å². The van der Waals surface area contributed by atoms with Crippen LogP contribution in [0.2, 0.25) is 10.0 Å². The van der Waals surface area contributed by atoms with Gasteiger partial charge in [0.2, 0.25) is 11.8 Å². The summed E-state index contributed by atoms with van der Waals surface area (Å²) in [5, 5.41) is 3.79. The van der Waals surface area contributed by atoms with E-state index in [4.69, 9.17) is 23.2 Å². The number of benzene rings is 2. The second-order valence-electron chi connectivity index (χ2n) is 7.99. The van der Waals surface area contributed by atoms with Gasteiger partial charge >= 0.3 is 0 Å². The molecule has 0 unspecified atom stereocenters. The lowest BCUT2D eigenvalue weighted by molar-refractivity contribution is -0.140. The lowest BCUT2D eigenvalue weighted by atomic mass is 10.1. The highest BCUT2D eigenvalue weighted by Gasteiger charge is 2.28. The summed E-state index contributed by atoms with van der Waals surface area (Å²) < 4.78 is 0.952. The molecule has 7 heteroatoms. The maximum absolute atomic E-state index is 13.2. The SMILES string of the molecule is C[C@@H](C(=O)NC(C)(C)C)N(Cc1ccc(Br)cc1)C(=O)Cc1ccc(Cl)c(Cl)c1. The van der Waals surface area contributed by atoms with Crippen LogP contribution >= 0.6 is 39.1 Å². The number of nitrogens with one attached hydrogen (secondary N) is 1. The summed E-state index contributed by atoms with van der Waals surface area (Å²) in [6.07, 6.45) is 0.126. The average Bonchev–Trinajstić information content (AvgIpc) is 2.62. The zero-order chi connectivity index (χ0) is 21.8. The minimum Gasteiger partial charge on any atom is -0.350 e. The van der Waals surface area contributed by atoms with E-state index in [2.05, 4.69) is 21.2 Å². The Labute approximate surface area is 190 Å². The molecular weight excluding hydrogens is 475 g/mol. The van der Waals surface area contributed by atoms with E-state index in [1.807, 2.05) is 45.0 Å². The molecule has 4 nitrogen and oxygen atoms in total. The zero-order valence-corrected chi connectivity index (χ0v) is 20.0. The van der Waals surface area contributed by atoms with Crippen LogP contribution in [0.15, 0.2) is 46.9 Å². The molecule has 2 aromatic carbocycles. The largest absolute Gasteiger partial charge is 0.350 e. The standard InChI is InChI=1S/C22H25BrCl2N2O2/c1-14(21(29)26-22(2,3)4)27(13-15-5-8-17(23)9-6-15)20(28)12-16-7-10-18(24)19(25)11-16/h5-11,14H,12-13H2,1-4H3,(H,26,29)/t14-/m0/s1. The molecule has 2 amide bonds. The van der Waals surface area contributed by atoms with E-state index in [9.17, 15) is 9.59 Å². The molecule has 0 aliphatic rings. The molecule has 0 fully saturated rings. The van der Waals surface area contributed by atoms with E-state index in [0.717, 1.165) is 15.6 Å².